The molecule has 0 amide bonds. The molecule has 0 heterocycles. The summed E-state index contributed by atoms with van der Waals surface area (Å²) in [6, 6.07) is 0. The molecule has 0 aromatic rings. The Morgan fingerprint density at radius 2 is 0.348 bits per heavy atom. The van der Waals surface area contributed by atoms with E-state index in [0.717, 1.165) is 0 Å². The summed E-state index contributed by atoms with van der Waals surface area (Å²) in [7, 11) is 0. The molecule has 0 aliphatic rings. The van der Waals surface area contributed by atoms with Crippen LogP contribution in [-0.2, 0) is 0 Å². The van der Waals surface area contributed by atoms with Gasteiger partial charge in [0.25, 0.3) is 0 Å². The van der Waals surface area contributed by atoms with Crippen LogP contribution in [0.15, 0.2) is 0 Å². The summed E-state index contributed by atoms with van der Waals surface area (Å²) in [6.07, 6.45) is 0. The van der Waals surface area contributed by atoms with E-state index in [1.165, 1.54) is 0 Å². The third-order valence-corrected chi connectivity index (χ3v) is 0. The summed E-state index contributed by atoms with van der Waals surface area (Å²) in [5, 5.41) is 59.0. The molecule has 144 valence electrons. The van der Waals surface area contributed by atoms with E-state index in [2.05, 4.69) is 0 Å². The third-order valence-electron chi connectivity index (χ3n) is 0. The van der Waals surface area contributed by atoms with Gasteiger partial charge in [-0.1, -0.05) is 0 Å². The molecule has 0 aliphatic heterocycles. The van der Waals surface area contributed by atoms with E-state index in [1.54, 1.807) is 0 Å². The van der Waals surface area contributed by atoms with Crippen LogP contribution < -0.4 is 0 Å². The van der Waals surface area contributed by atoms with Gasteiger partial charge in [-0.2, -0.15) is 0 Å². The van der Waals surface area contributed by atoms with E-state index >= 15 is 0 Å². The van der Waals surface area contributed by atoms with E-state index in [9.17, 15) is 0 Å². The first-order chi connectivity index (χ1) is 6.93. The Morgan fingerprint density at radius 3 is 0.348 bits per heavy atom. The van der Waals surface area contributed by atoms with Crippen LogP contribution in [0.1, 0.15) is 0 Å². The second-order valence-corrected chi connectivity index (χ2v) is 0.894. The number of rotatable bonds is 0. The van der Waals surface area contributed by atoms with Gasteiger partial charge in [0.05, 0.1) is 20.3 Å². The zero-order valence-corrected chi connectivity index (χ0v) is 14.3. The SMILES string of the molecule is O.O.O.O.O.O.O=[N+]([O-])[O-].O=[N+]([O-])[O-].O=[N+]([O-])[O-].O=[N+]([O-])[O-].[Th+4]. The van der Waals surface area contributed by atoms with Crippen molar-refractivity contribution < 1.29 is 93.1 Å². The van der Waals surface area contributed by atoms with Gasteiger partial charge in [0.1, 0.15) is 0 Å². The Labute approximate surface area is 154 Å². The Balaban J connectivity index is -0.00000000842. The number of hydrogen-bond acceptors (Lipinski definition) is 12. The average Bonchev–Trinajstić information content (AvgIpc) is 1.76. The molecule has 23 heavy (non-hydrogen) atoms. The Hall–Kier alpha value is -2.12. The molecule has 12 N–H and O–H groups in total. The predicted molar refractivity (Wildman–Crippen MR) is 63.1 cm³/mol. The van der Waals surface area contributed by atoms with Gasteiger partial charge < -0.3 is 94.1 Å². The molecule has 0 unspecified atom stereocenters. The maximum atomic E-state index is 8.25. The van der Waals surface area contributed by atoms with Crippen molar-refractivity contribution in [3.8, 4) is 0 Å². The minimum absolute atomic E-state index is 0. The average molecular weight is 588 g/mol. The molecule has 0 saturated carbocycles. The van der Waals surface area contributed by atoms with Crippen molar-refractivity contribution in [3.63, 3.8) is 0 Å². The molecule has 0 aromatic heterocycles. The molecule has 0 atom stereocenters. The van der Waals surface area contributed by atoms with Gasteiger partial charge in [0.15, 0.2) is 0 Å². The Kier molecular flexibility index (Phi) is 267. The fourth-order valence-electron chi connectivity index (χ4n) is 0. The van der Waals surface area contributed by atoms with Crippen molar-refractivity contribution in [2.45, 2.75) is 0 Å². The van der Waals surface area contributed by atoms with Crippen LogP contribution in [0.2, 0.25) is 0 Å². The van der Waals surface area contributed by atoms with E-state index < -0.39 is 20.3 Å². The van der Waals surface area contributed by atoms with Crippen molar-refractivity contribution >= 4 is 0 Å². The number of nitrogens with zero attached hydrogens (tertiary/aromatic N) is 4. The first kappa shape index (κ1) is 84.5. The predicted octanol–water partition coefficient (Wildman–Crippen LogP) is -5.90. The number of hydrogen-bond donors (Lipinski definition) is 0. The van der Waals surface area contributed by atoms with Crippen LogP contribution in [0.3, 0.4) is 0 Å². The Morgan fingerprint density at radius 1 is 0.348 bits per heavy atom. The smallest absolute Gasteiger partial charge is 0.412 e. The van der Waals surface area contributed by atoms with Crippen molar-refractivity contribution in [1.29, 1.82) is 0 Å². The zero-order valence-electron chi connectivity index (χ0n) is 10.2. The van der Waals surface area contributed by atoms with Gasteiger partial charge in [-0.25, -0.2) is 0 Å². The Bertz CT molecular complexity index is 161. The van der Waals surface area contributed by atoms with E-state index in [-0.39, 0.29) is 72.8 Å². The summed E-state index contributed by atoms with van der Waals surface area (Å²) in [4.78, 5) is 33.0. The summed E-state index contributed by atoms with van der Waals surface area (Å²) >= 11 is 0. The normalized spacial score (nSPS) is 4.17. The third kappa shape index (κ3) is 1420. The van der Waals surface area contributed by atoms with E-state index in [0.29, 0.717) is 0 Å². The molecule has 0 spiro atoms. The van der Waals surface area contributed by atoms with Crippen molar-refractivity contribution in [2.75, 3.05) is 0 Å². The van der Waals surface area contributed by atoms with Crippen molar-refractivity contribution in [2.24, 2.45) is 0 Å². The minimum atomic E-state index is -1.75. The second-order valence-electron chi connectivity index (χ2n) is 0.894. The minimum Gasteiger partial charge on any atom is -0.412 e. The fraction of sp³-hybridized carbons (Fsp3) is 0. The van der Waals surface area contributed by atoms with Gasteiger partial charge in [-0.05, 0) is 0 Å². The van der Waals surface area contributed by atoms with Crippen molar-refractivity contribution in [1.82, 2.24) is 0 Å². The van der Waals surface area contributed by atoms with E-state index in [1.807, 2.05) is 0 Å². The van der Waals surface area contributed by atoms with Crippen LogP contribution in [0.4, 0.5) is 0 Å². The van der Waals surface area contributed by atoms with Gasteiger partial charge in [0.2, 0.25) is 0 Å². The van der Waals surface area contributed by atoms with Gasteiger partial charge >= 0.3 is 39.9 Å². The topological polar surface area (TPSA) is 454 Å². The fourth-order valence-corrected chi connectivity index (χ4v) is 0. The maximum absolute atomic E-state index is 8.25. The van der Waals surface area contributed by atoms with Gasteiger partial charge in [-0.3, -0.25) is 0 Å². The monoisotopic (exact) mass is 588 g/mol. The van der Waals surface area contributed by atoms with Crippen molar-refractivity contribution in [3.05, 3.63) is 61.3 Å². The molecule has 0 radical (unpaired) electrons. The maximum Gasteiger partial charge on any atom is 4.00 e. The molecule has 0 fully saturated rings. The largest absolute Gasteiger partial charge is 4.00 e. The molecule has 0 rings (SSSR count). The van der Waals surface area contributed by atoms with Gasteiger partial charge in [0, 0.05) is 0 Å². The van der Waals surface area contributed by atoms with Crippen LogP contribution in [-0.4, -0.2) is 53.2 Å². The van der Waals surface area contributed by atoms with Gasteiger partial charge in [-0.15, -0.1) is 0 Å². The summed E-state index contributed by atoms with van der Waals surface area (Å²) < 4.78 is 0. The summed E-state index contributed by atoms with van der Waals surface area (Å²) in [5.74, 6) is 0. The standard InChI is InChI=1S/4NO3.6H2O.Th/c4*2-1(3)4;;;;;;;/h;;;;6*1H2;/q4*-1;;;;;;;+4. The molecule has 22 nitrogen and oxygen atoms in total. The molecule has 0 aromatic carbocycles. The quantitative estimate of drug-likeness (QED) is 0.188. The summed E-state index contributed by atoms with van der Waals surface area (Å²) in [5.41, 5.74) is 0. The molecule has 0 aliphatic carbocycles. The molecular weight excluding hydrogens is 576 g/mol. The molecule has 23 heteroatoms. The van der Waals surface area contributed by atoms with Crippen LogP contribution >= 0.6 is 0 Å². The van der Waals surface area contributed by atoms with Crippen LogP contribution in [0.25, 0.3) is 0 Å². The first-order valence-corrected chi connectivity index (χ1v) is 2.19. The second kappa shape index (κ2) is 72.6. The molecular formula is H12N4O18Th. The molecule has 0 bridgehead atoms. The summed E-state index contributed by atoms with van der Waals surface area (Å²) in [6.45, 7) is 0. The van der Waals surface area contributed by atoms with Crippen LogP contribution in [0.5, 0.6) is 0 Å². The zero-order chi connectivity index (χ0) is 14.3. The van der Waals surface area contributed by atoms with Crippen LogP contribution in [0, 0.1) is 101 Å². The first-order valence-electron chi connectivity index (χ1n) is 2.19. The van der Waals surface area contributed by atoms with E-state index in [4.69, 9.17) is 61.3 Å². The molecule has 0 saturated heterocycles.